The Balaban J connectivity index is 2.20. The molecule has 2 aromatic rings. The number of aryl methyl sites for hydroxylation is 1. The highest BCUT2D eigenvalue weighted by molar-refractivity contribution is 9.11. The smallest absolute Gasteiger partial charge is 0.256 e. The summed E-state index contributed by atoms with van der Waals surface area (Å²) in [5.41, 5.74) is 2.64. The van der Waals surface area contributed by atoms with Gasteiger partial charge in [0.1, 0.15) is 0 Å². The third-order valence-electron chi connectivity index (χ3n) is 2.77. The molecule has 0 radical (unpaired) electrons. The van der Waals surface area contributed by atoms with E-state index in [0.717, 1.165) is 21.1 Å². The number of hydrogen-bond donors (Lipinski definition) is 1. The minimum absolute atomic E-state index is 0.118. The van der Waals surface area contributed by atoms with Crippen LogP contribution in [0.5, 0.6) is 0 Å². The van der Waals surface area contributed by atoms with E-state index in [1.54, 1.807) is 6.07 Å². The molecule has 1 amide bonds. The molecule has 0 atom stereocenters. The zero-order valence-electron chi connectivity index (χ0n) is 10.4. The second kappa shape index (κ2) is 6.35. The van der Waals surface area contributed by atoms with Gasteiger partial charge in [-0.2, -0.15) is 0 Å². The number of rotatable bonds is 3. The van der Waals surface area contributed by atoms with Crippen LogP contribution in [0.25, 0.3) is 0 Å². The molecule has 0 aromatic heterocycles. The van der Waals surface area contributed by atoms with E-state index in [9.17, 15) is 4.79 Å². The van der Waals surface area contributed by atoms with Crippen molar-refractivity contribution in [2.75, 3.05) is 5.32 Å². The molecule has 2 nitrogen and oxygen atoms in total. The van der Waals surface area contributed by atoms with Gasteiger partial charge in [0.05, 0.1) is 5.56 Å². The molecule has 0 bridgehead atoms. The molecule has 0 saturated heterocycles. The van der Waals surface area contributed by atoms with E-state index >= 15 is 0 Å². The van der Waals surface area contributed by atoms with Gasteiger partial charge in [0, 0.05) is 14.6 Å². The van der Waals surface area contributed by atoms with E-state index in [0.29, 0.717) is 5.56 Å². The summed E-state index contributed by atoms with van der Waals surface area (Å²) in [4.78, 5) is 12.2. The van der Waals surface area contributed by atoms with Gasteiger partial charge in [0.15, 0.2) is 0 Å². The fourth-order valence-electron chi connectivity index (χ4n) is 1.74. The predicted molar refractivity (Wildman–Crippen MR) is 85.6 cm³/mol. The lowest BCUT2D eigenvalue weighted by atomic mass is 10.1. The molecule has 0 aliphatic heterocycles. The Morgan fingerprint density at radius 2 is 1.95 bits per heavy atom. The van der Waals surface area contributed by atoms with Crippen molar-refractivity contribution >= 4 is 43.5 Å². The Hall–Kier alpha value is -1.13. The molecule has 0 saturated carbocycles. The molecule has 0 unspecified atom stereocenters. The monoisotopic (exact) mass is 381 g/mol. The van der Waals surface area contributed by atoms with Gasteiger partial charge in [0.2, 0.25) is 0 Å². The summed E-state index contributed by atoms with van der Waals surface area (Å²) in [6, 6.07) is 13.4. The Labute approximate surface area is 129 Å². The number of anilines is 1. The van der Waals surface area contributed by atoms with Gasteiger partial charge in [-0.05, 0) is 58.2 Å². The van der Waals surface area contributed by atoms with Crippen LogP contribution < -0.4 is 5.32 Å². The van der Waals surface area contributed by atoms with Crippen molar-refractivity contribution in [2.24, 2.45) is 0 Å². The molecule has 0 heterocycles. The molecule has 0 aliphatic carbocycles. The standard InChI is InChI=1S/C15H13Br2NO/c1-2-10-4-3-5-12(8-10)18-15(19)13-7-6-11(16)9-14(13)17/h3-9H,2H2,1H3,(H,18,19). The van der Waals surface area contributed by atoms with Gasteiger partial charge in [-0.3, -0.25) is 4.79 Å². The zero-order valence-corrected chi connectivity index (χ0v) is 13.6. The first-order valence-electron chi connectivity index (χ1n) is 5.95. The van der Waals surface area contributed by atoms with Crippen molar-refractivity contribution in [3.05, 3.63) is 62.5 Å². The number of benzene rings is 2. The first kappa shape index (κ1) is 14.3. The molecule has 0 fully saturated rings. The SMILES string of the molecule is CCc1cccc(NC(=O)c2ccc(Br)cc2Br)c1. The minimum atomic E-state index is -0.118. The molecule has 98 valence electrons. The fourth-order valence-corrected chi connectivity index (χ4v) is 2.97. The Morgan fingerprint density at radius 3 is 2.63 bits per heavy atom. The highest BCUT2D eigenvalue weighted by Gasteiger charge is 2.10. The third kappa shape index (κ3) is 3.67. The molecule has 0 spiro atoms. The molecular weight excluding hydrogens is 370 g/mol. The number of nitrogens with one attached hydrogen (secondary N) is 1. The number of halogens is 2. The topological polar surface area (TPSA) is 29.1 Å². The summed E-state index contributed by atoms with van der Waals surface area (Å²) >= 11 is 6.77. The van der Waals surface area contributed by atoms with Crippen molar-refractivity contribution in [3.63, 3.8) is 0 Å². The van der Waals surface area contributed by atoms with E-state index in [1.165, 1.54) is 5.56 Å². The van der Waals surface area contributed by atoms with Gasteiger partial charge in [-0.25, -0.2) is 0 Å². The van der Waals surface area contributed by atoms with Crippen molar-refractivity contribution in [3.8, 4) is 0 Å². The van der Waals surface area contributed by atoms with Crippen molar-refractivity contribution in [1.82, 2.24) is 0 Å². The highest BCUT2D eigenvalue weighted by Crippen LogP contribution is 2.23. The van der Waals surface area contributed by atoms with Gasteiger partial charge in [-0.1, -0.05) is 35.0 Å². The van der Waals surface area contributed by atoms with E-state index in [2.05, 4.69) is 44.1 Å². The lowest BCUT2D eigenvalue weighted by Gasteiger charge is -2.08. The molecule has 4 heteroatoms. The van der Waals surface area contributed by atoms with Crippen LogP contribution in [0.3, 0.4) is 0 Å². The van der Waals surface area contributed by atoms with Crippen molar-refractivity contribution < 1.29 is 4.79 Å². The summed E-state index contributed by atoms with van der Waals surface area (Å²) in [7, 11) is 0. The lowest BCUT2D eigenvalue weighted by Crippen LogP contribution is -2.12. The van der Waals surface area contributed by atoms with E-state index < -0.39 is 0 Å². The van der Waals surface area contributed by atoms with Gasteiger partial charge < -0.3 is 5.32 Å². The van der Waals surface area contributed by atoms with Crippen LogP contribution >= 0.6 is 31.9 Å². The molecule has 2 rings (SSSR count). The van der Waals surface area contributed by atoms with Crippen LogP contribution in [-0.4, -0.2) is 5.91 Å². The average Bonchev–Trinajstić information content (AvgIpc) is 2.38. The van der Waals surface area contributed by atoms with Crippen LogP contribution in [-0.2, 0) is 6.42 Å². The zero-order chi connectivity index (χ0) is 13.8. The third-order valence-corrected chi connectivity index (χ3v) is 3.92. The van der Waals surface area contributed by atoms with Gasteiger partial charge in [0.25, 0.3) is 5.91 Å². The maximum Gasteiger partial charge on any atom is 0.256 e. The summed E-state index contributed by atoms with van der Waals surface area (Å²) in [6.07, 6.45) is 0.950. The Bertz CT molecular complexity index is 611. The quantitative estimate of drug-likeness (QED) is 0.792. The summed E-state index contributed by atoms with van der Waals surface area (Å²) in [5.74, 6) is -0.118. The molecule has 2 aromatic carbocycles. The maximum atomic E-state index is 12.2. The molecule has 1 N–H and O–H groups in total. The number of carbonyl (C=O) groups is 1. The summed E-state index contributed by atoms with van der Waals surface area (Å²) in [6.45, 7) is 2.09. The largest absolute Gasteiger partial charge is 0.322 e. The van der Waals surface area contributed by atoms with E-state index in [-0.39, 0.29) is 5.91 Å². The minimum Gasteiger partial charge on any atom is -0.322 e. The van der Waals surface area contributed by atoms with Crippen LogP contribution in [0, 0.1) is 0 Å². The normalized spacial score (nSPS) is 10.3. The number of amides is 1. The average molecular weight is 383 g/mol. The number of carbonyl (C=O) groups excluding carboxylic acids is 1. The fraction of sp³-hybridized carbons (Fsp3) is 0.133. The second-order valence-corrected chi connectivity index (χ2v) is 5.90. The van der Waals surface area contributed by atoms with Crippen molar-refractivity contribution in [2.45, 2.75) is 13.3 Å². The van der Waals surface area contributed by atoms with Gasteiger partial charge >= 0.3 is 0 Å². The lowest BCUT2D eigenvalue weighted by molar-refractivity contribution is 0.102. The molecular formula is C15H13Br2NO. The van der Waals surface area contributed by atoms with Gasteiger partial charge in [-0.15, -0.1) is 0 Å². The molecule has 0 aliphatic rings. The van der Waals surface area contributed by atoms with Crippen LogP contribution in [0.4, 0.5) is 5.69 Å². The van der Waals surface area contributed by atoms with Crippen LogP contribution in [0.1, 0.15) is 22.8 Å². The first-order valence-corrected chi connectivity index (χ1v) is 7.54. The summed E-state index contributed by atoms with van der Waals surface area (Å²) in [5, 5.41) is 2.91. The van der Waals surface area contributed by atoms with E-state index in [4.69, 9.17) is 0 Å². The highest BCUT2D eigenvalue weighted by atomic mass is 79.9. The number of hydrogen-bond acceptors (Lipinski definition) is 1. The van der Waals surface area contributed by atoms with Crippen LogP contribution in [0.15, 0.2) is 51.4 Å². The van der Waals surface area contributed by atoms with E-state index in [1.807, 2.05) is 36.4 Å². The van der Waals surface area contributed by atoms with Crippen LogP contribution in [0.2, 0.25) is 0 Å². The first-order chi connectivity index (χ1) is 9.10. The summed E-state index contributed by atoms with van der Waals surface area (Å²) < 4.78 is 1.70. The second-order valence-electron chi connectivity index (χ2n) is 4.13. The Morgan fingerprint density at radius 1 is 1.16 bits per heavy atom. The maximum absolute atomic E-state index is 12.2. The van der Waals surface area contributed by atoms with Crippen molar-refractivity contribution in [1.29, 1.82) is 0 Å². The molecule has 19 heavy (non-hydrogen) atoms. The Kier molecular flexibility index (Phi) is 4.77. The predicted octanol–water partition coefficient (Wildman–Crippen LogP) is 5.03.